The van der Waals surface area contributed by atoms with E-state index in [0.717, 1.165) is 16.5 Å². The molecule has 0 saturated heterocycles. The Hall–Kier alpha value is -2.83. The molecule has 2 heterocycles. The maximum absolute atomic E-state index is 4.55. The maximum Gasteiger partial charge on any atom is 0.164 e. The van der Waals surface area contributed by atoms with Crippen molar-refractivity contribution in [3.8, 4) is 5.69 Å². The Morgan fingerprint density at radius 1 is 0.960 bits per heavy atom. The van der Waals surface area contributed by atoms with E-state index in [1.165, 1.54) is 5.56 Å². The summed E-state index contributed by atoms with van der Waals surface area (Å²) >= 11 is 1.64. The first-order valence-corrected chi connectivity index (χ1v) is 8.92. The summed E-state index contributed by atoms with van der Waals surface area (Å²) in [5.41, 5.74) is 2.18. The van der Waals surface area contributed by atoms with Gasteiger partial charge in [0.05, 0.1) is 18.3 Å². The summed E-state index contributed by atoms with van der Waals surface area (Å²) in [6.07, 6.45) is 3.58. The van der Waals surface area contributed by atoms with Crippen LogP contribution in [-0.2, 0) is 6.54 Å². The molecule has 124 valence electrons. The lowest BCUT2D eigenvalue weighted by Crippen LogP contribution is -2.22. The van der Waals surface area contributed by atoms with Crippen LogP contribution in [-0.4, -0.2) is 19.7 Å². The number of nitrogens with one attached hydrogen (secondary N) is 1. The molecule has 0 saturated carbocycles. The molecule has 0 radical (unpaired) electrons. The van der Waals surface area contributed by atoms with E-state index in [1.807, 2.05) is 60.1 Å². The fourth-order valence-corrected chi connectivity index (χ4v) is 3.39. The Bertz CT molecular complexity index is 903. The SMILES string of the molecule is c1ccc([C@@H](NCc2ncn(-c3ccccc3)n2)c2nccs2)cc1. The molecule has 0 fully saturated rings. The molecule has 1 N–H and O–H groups in total. The first-order valence-electron chi connectivity index (χ1n) is 8.04. The molecule has 4 rings (SSSR count). The third-order valence-corrected chi connectivity index (χ3v) is 4.70. The fourth-order valence-electron chi connectivity index (χ4n) is 2.65. The molecule has 1 atom stereocenters. The fraction of sp³-hybridized carbons (Fsp3) is 0.105. The van der Waals surface area contributed by atoms with Gasteiger partial charge in [0.25, 0.3) is 0 Å². The van der Waals surface area contributed by atoms with Gasteiger partial charge in [-0.05, 0) is 17.7 Å². The smallest absolute Gasteiger partial charge is 0.164 e. The number of thiazole rings is 1. The highest BCUT2D eigenvalue weighted by Gasteiger charge is 2.16. The molecular formula is C19H17N5S. The van der Waals surface area contributed by atoms with E-state index < -0.39 is 0 Å². The van der Waals surface area contributed by atoms with Crippen LogP contribution in [0, 0.1) is 0 Å². The van der Waals surface area contributed by atoms with Gasteiger partial charge < -0.3 is 0 Å². The second kappa shape index (κ2) is 7.38. The van der Waals surface area contributed by atoms with E-state index in [4.69, 9.17) is 0 Å². The molecule has 0 spiro atoms. The summed E-state index contributed by atoms with van der Waals surface area (Å²) < 4.78 is 1.79. The molecule has 0 aliphatic carbocycles. The summed E-state index contributed by atoms with van der Waals surface area (Å²) in [6.45, 7) is 0.568. The maximum atomic E-state index is 4.55. The van der Waals surface area contributed by atoms with Crippen molar-refractivity contribution in [2.24, 2.45) is 0 Å². The average molecular weight is 347 g/mol. The first kappa shape index (κ1) is 15.7. The van der Waals surface area contributed by atoms with Crippen LogP contribution >= 0.6 is 11.3 Å². The van der Waals surface area contributed by atoms with E-state index in [1.54, 1.807) is 22.3 Å². The van der Waals surface area contributed by atoms with Gasteiger partial charge >= 0.3 is 0 Å². The standard InChI is InChI=1S/C19H17N5S/c1-3-7-15(8-4-1)18(19-20-11-12-25-19)21-13-17-22-14-24(23-17)16-9-5-2-6-10-16/h1-12,14,18,21H,13H2/t18-/m1/s1. The van der Waals surface area contributed by atoms with E-state index in [2.05, 4.69) is 32.5 Å². The van der Waals surface area contributed by atoms with Crippen molar-refractivity contribution in [3.63, 3.8) is 0 Å². The molecule has 0 bridgehead atoms. The summed E-state index contributed by atoms with van der Waals surface area (Å²) in [5, 5.41) is 11.1. The average Bonchev–Trinajstić information content (AvgIpc) is 3.36. The number of hydrogen-bond donors (Lipinski definition) is 1. The number of para-hydroxylation sites is 1. The van der Waals surface area contributed by atoms with Crippen LogP contribution in [0.25, 0.3) is 5.69 Å². The normalized spacial score (nSPS) is 12.2. The van der Waals surface area contributed by atoms with Crippen LogP contribution in [0.4, 0.5) is 0 Å². The van der Waals surface area contributed by atoms with Crippen LogP contribution in [0.3, 0.4) is 0 Å². The molecular weight excluding hydrogens is 330 g/mol. The molecule has 25 heavy (non-hydrogen) atoms. The van der Waals surface area contributed by atoms with Crippen LogP contribution in [0.2, 0.25) is 0 Å². The number of hydrogen-bond acceptors (Lipinski definition) is 5. The Kier molecular flexibility index (Phi) is 4.63. The molecule has 2 aromatic heterocycles. The van der Waals surface area contributed by atoms with Crippen molar-refractivity contribution in [1.29, 1.82) is 0 Å². The number of nitrogens with zero attached hydrogens (tertiary/aromatic N) is 4. The van der Waals surface area contributed by atoms with Crippen molar-refractivity contribution in [1.82, 2.24) is 25.1 Å². The Morgan fingerprint density at radius 2 is 1.72 bits per heavy atom. The molecule has 0 aliphatic heterocycles. The van der Waals surface area contributed by atoms with Gasteiger partial charge in [-0.2, -0.15) is 0 Å². The van der Waals surface area contributed by atoms with Crippen LogP contribution in [0.15, 0.2) is 78.6 Å². The van der Waals surface area contributed by atoms with Crippen molar-refractivity contribution < 1.29 is 0 Å². The van der Waals surface area contributed by atoms with Crippen LogP contribution in [0.1, 0.15) is 22.4 Å². The van der Waals surface area contributed by atoms with E-state index in [0.29, 0.717) is 6.54 Å². The highest BCUT2D eigenvalue weighted by molar-refractivity contribution is 7.09. The van der Waals surface area contributed by atoms with Crippen molar-refractivity contribution in [3.05, 3.63) is 95.0 Å². The highest BCUT2D eigenvalue weighted by atomic mass is 32.1. The van der Waals surface area contributed by atoms with Gasteiger partial charge in [-0.15, -0.1) is 16.4 Å². The van der Waals surface area contributed by atoms with Crippen molar-refractivity contribution >= 4 is 11.3 Å². The lowest BCUT2D eigenvalue weighted by atomic mass is 10.1. The third-order valence-electron chi connectivity index (χ3n) is 3.86. The molecule has 2 aromatic carbocycles. The molecule has 0 unspecified atom stereocenters. The van der Waals surface area contributed by atoms with Gasteiger partial charge in [-0.1, -0.05) is 48.5 Å². The summed E-state index contributed by atoms with van der Waals surface area (Å²) in [7, 11) is 0. The predicted octanol–water partition coefficient (Wildman–Crippen LogP) is 3.60. The minimum absolute atomic E-state index is 0.0323. The van der Waals surface area contributed by atoms with Crippen molar-refractivity contribution in [2.75, 3.05) is 0 Å². The van der Waals surface area contributed by atoms with Gasteiger partial charge in [-0.3, -0.25) is 5.32 Å². The van der Waals surface area contributed by atoms with Gasteiger partial charge in [0.15, 0.2) is 5.82 Å². The summed E-state index contributed by atoms with van der Waals surface area (Å²) in [6, 6.07) is 20.3. The number of aromatic nitrogens is 4. The van der Waals surface area contributed by atoms with Crippen LogP contribution < -0.4 is 5.32 Å². The minimum atomic E-state index is 0.0323. The molecule has 0 aliphatic rings. The first-order chi connectivity index (χ1) is 12.4. The quantitative estimate of drug-likeness (QED) is 0.579. The second-order valence-corrected chi connectivity index (χ2v) is 6.46. The molecule has 4 aromatic rings. The third kappa shape index (κ3) is 3.65. The van der Waals surface area contributed by atoms with Crippen molar-refractivity contribution in [2.45, 2.75) is 12.6 Å². The van der Waals surface area contributed by atoms with E-state index in [-0.39, 0.29) is 6.04 Å². The van der Waals surface area contributed by atoms with Gasteiger partial charge in [-0.25, -0.2) is 14.6 Å². The Labute approximate surface area is 150 Å². The van der Waals surface area contributed by atoms with E-state index in [9.17, 15) is 0 Å². The van der Waals surface area contributed by atoms with E-state index >= 15 is 0 Å². The van der Waals surface area contributed by atoms with Gasteiger partial charge in [0.2, 0.25) is 0 Å². The summed E-state index contributed by atoms with van der Waals surface area (Å²) in [4.78, 5) is 8.88. The monoisotopic (exact) mass is 347 g/mol. The lowest BCUT2D eigenvalue weighted by molar-refractivity contribution is 0.583. The highest BCUT2D eigenvalue weighted by Crippen LogP contribution is 2.23. The Morgan fingerprint density at radius 3 is 2.44 bits per heavy atom. The molecule has 5 nitrogen and oxygen atoms in total. The topological polar surface area (TPSA) is 55.6 Å². The minimum Gasteiger partial charge on any atom is -0.297 e. The summed E-state index contributed by atoms with van der Waals surface area (Å²) in [5.74, 6) is 0.751. The largest absolute Gasteiger partial charge is 0.297 e. The van der Waals surface area contributed by atoms with Gasteiger partial charge in [0, 0.05) is 11.6 Å². The van der Waals surface area contributed by atoms with Crippen LogP contribution in [0.5, 0.6) is 0 Å². The second-order valence-electron chi connectivity index (χ2n) is 5.54. The zero-order chi connectivity index (χ0) is 16.9. The Balaban J connectivity index is 1.51. The lowest BCUT2D eigenvalue weighted by Gasteiger charge is -2.16. The predicted molar refractivity (Wildman–Crippen MR) is 98.6 cm³/mol. The number of benzene rings is 2. The molecule has 0 amide bonds. The zero-order valence-corrected chi connectivity index (χ0v) is 14.3. The number of rotatable bonds is 6. The van der Waals surface area contributed by atoms with Gasteiger partial charge in [0.1, 0.15) is 11.3 Å². The zero-order valence-electron chi connectivity index (χ0n) is 13.5. The molecule has 6 heteroatoms.